The Morgan fingerprint density at radius 2 is 1.56 bits per heavy atom. The molecule has 0 aromatic heterocycles. The van der Waals surface area contributed by atoms with E-state index < -0.39 is 0 Å². The van der Waals surface area contributed by atoms with Gasteiger partial charge in [0, 0.05) is 0 Å². The number of hydrogen-bond donors (Lipinski definition) is 0. The maximum Gasteiger partial charge on any atom is 0.312 e. The summed E-state index contributed by atoms with van der Waals surface area (Å²) in [6, 6.07) is 0. The molecule has 0 amide bonds. The van der Waals surface area contributed by atoms with Crippen LogP contribution in [-0.2, 0) is 9.53 Å². The summed E-state index contributed by atoms with van der Waals surface area (Å²) in [5.74, 6) is 1.27. The van der Waals surface area contributed by atoms with Crippen molar-refractivity contribution in [1.29, 1.82) is 0 Å². The van der Waals surface area contributed by atoms with Crippen molar-refractivity contribution in [2.75, 3.05) is 0 Å². The molecule has 16 heavy (non-hydrogen) atoms. The molecule has 0 heterocycles. The molecule has 2 nitrogen and oxygen atoms in total. The molecule has 0 aromatic carbocycles. The van der Waals surface area contributed by atoms with E-state index in [2.05, 4.69) is 6.92 Å². The van der Waals surface area contributed by atoms with Gasteiger partial charge in [-0.05, 0) is 64.7 Å². The van der Waals surface area contributed by atoms with Gasteiger partial charge in [0.2, 0.25) is 0 Å². The second-order valence-corrected chi connectivity index (χ2v) is 6.36. The lowest BCUT2D eigenvalue weighted by atomic mass is 9.88. The van der Waals surface area contributed by atoms with Crippen molar-refractivity contribution in [1.82, 2.24) is 0 Å². The predicted octanol–water partition coefficient (Wildman–Crippen LogP) is 3.54. The molecule has 0 bridgehead atoms. The first-order valence-corrected chi connectivity index (χ1v) is 6.63. The first kappa shape index (κ1) is 11.9. The average Bonchev–Trinajstić information content (AvgIpc) is 3.06. The van der Waals surface area contributed by atoms with Crippen LogP contribution in [0.2, 0.25) is 0 Å². The summed E-state index contributed by atoms with van der Waals surface area (Å²) in [5.41, 5.74) is -0.478. The molecule has 2 aliphatic carbocycles. The third kappa shape index (κ3) is 2.11. The first-order valence-electron chi connectivity index (χ1n) is 6.63. The van der Waals surface area contributed by atoms with Crippen molar-refractivity contribution in [3.05, 3.63) is 0 Å². The van der Waals surface area contributed by atoms with Gasteiger partial charge in [-0.25, -0.2) is 0 Å². The molecule has 92 valence electrons. The van der Waals surface area contributed by atoms with E-state index in [9.17, 15) is 4.79 Å². The van der Waals surface area contributed by atoms with Crippen molar-refractivity contribution in [2.45, 2.75) is 65.4 Å². The van der Waals surface area contributed by atoms with E-state index in [4.69, 9.17) is 4.74 Å². The van der Waals surface area contributed by atoms with Crippen LogP contribution in [0.25, 0.3) is 0 Å². The Balaban J connectivity index is 2.03. The van der Waals surface area contributed by atoms with Crippen molar-refractivity contribution in [2.24, 2.45) is 17.3 Å². The van der Waals surface area contributed by atoms with Crippen LogP contribution in [0.3, 0.4) is 0 Å². The van der Waals surface area contributed by atoms with Crippen molar-refractivity contribution >= 4 is 5.97 Å². The van der Waals surface area contributed by atoms with Gasteiger partial charge < -0.3 is 4.74 Å². The Bertz CT molecular complexity index is 273. The van der Waals surface area contributed by atoms with Crippen molar-refractivity contribution < 1.29 is 9.53 Å². The smallest absolute Gasteiger partial charge is 0.312 e. The van der Waals surface area contributed by atoms with E-state index >= 15 is 0 Å². The largest absolute Gasteiger partial charge is 0.458 e. The molecule has 0 N–H and O–H groups in total. The minimum atomic E-state index is -0.328. The minimum Gasteiger partial charge on any atom is -0.458 e. The van der Waals surface area contributed by atoms with Gasteiger partial charge in [-0.15, -0.1) is 0 Å². The fourth-order valence-electron chi connectivity index (χ4n) is 2.30. The molecule has 0 aliphatic heterocycles. The Hall–Kier alpha value is -0.530. The maximum absolute atomic E-state index is 12.2. The molecule has 0 radical (unpaired) electrons. The van der Waals surface area contributed by atoms with Gasteiger partial charge in [0.05, 0.1) is 5.41 Å². The summed E-state index contributed by atoms with van der Waals surface area (Å²) < 4.78 is 5.90. The van der Waals surface area contributed by atoms with Crippen molar-refractivity contribution in [3.8, 4) is 0 Å². The van der Waals surface area contributed by atoms with Gasteiger partial charge in [0.1, 0.15) is 5.60 Å². The number of carbonyl (C=O) groups excluding carboxylic acids is 1. The van der Waals surface area contributed by atoms with Gasteiger partial charge in [-0.1, -0.05) is 6.92 Å². The number of esters is 1. The van der Waals surface area contributed by atoms with Crippen molar-refractivity contribution in [3.63, 3.8) is 0 Å². The topological polar surface area (TPSA) is 26.3 Å². The van der Waals surface area contributed by atoms with Crippen LogP contribution in [0.15, 0.2) is 0 Å². The monoisotopic (exact) mass is 224 g/mol. The fourth-order valence-corrected chi connectivity index (χ4v) is 2.30. The molecule has 0 aromatic rings. The second-order valence-electron chi connectivity index (χ2n) is 6.36. The van der Waals surface area contributed by atoms with Crippen LogP contribution in [0, 0.1) is 17.3 Å². The third-order valence-corrected chi connectivity index (χ3v) is 4.53. The summed E-state index contributed by atoms with van der Waals surface area (Å²) in [5, 5.41) is 0. The molecule has 0 atom stereocenters. The SMILES string of the molecule is CCC(C)(C)C(=O)OC(C)(C1CC1)C1CC1. The average molecular weight is 224 g/mol. The van der Waals surface area contributed by atoms with E-state index in [1.54, 1.807) is 0 Å². The number of rotatable bonds is 5. The summed E-state index contributed by atoms with van der Waals surface area (Å²) >= 11 is 0. The zero-order valence-corrected chi connectivity index (χ0v) is 11.0. The van der Waals surface area contributed by atoms with E-state index in [1.807, 2.05) is 20.8 Å². The molecular formula is C14H24O2. The molecule has 2 heteroatoms. The Labute approximate surface area is 98.7 Å². The van der Waals surface area contributed by atoms with Crippen LogP contribution in [0.4, 0.5) is 0 Å². The van der Waals surface area contributed by atoms with Gasteiger partial charge in [0.25, 0.3) is 0 Å². The highest BCUT2D eigenvalue weighted by Gasteiger charge is 2.54. The van der Waals surface area contributed by atoms with E-state index in [0.717, 1.165) is 6.42 Å². The Kier molecular flexibility index (Phi) is 2.80. The standard InChI is InChI=1S/C14H24O2/c1-5-13(2,3)12(15)16-14(4,10-6-7-10)11-8-9-11/h10-11H,5-9H2,1-4H3. The zero-order chi connectivity index (χ0) is 12.0. The van der Waals surface area contributed by atoms with Gasteiger partial charge >= 0.3 is 5.97 Å². The molecule has 0 unspecified atom stereocenters. The lowest BCUT2D eigenvalue weighted by Gasteiger charge is -2.34. The van der Waals surface area contributed by atoms with Gasteiger partial charge in [0.15, 0.2) is 0 Å². The zero-order valence-electron chi connectivity index (χ0n) is 11.0. The van der Waals surface area contributed by atoms with Gasteiger partial charge in [-0.2, -0.15) is 0 Å². The fraction of sp³-hybridized carbons (Fsp3) is 0.929. The molecule has 2 saturated carbocycles. The summed E-state index contributed by atoms with van der Waals surface area (Å²) in [4.78, 5) is 12.2. The van der Waals surface area contributed by atoms with Crippen LogP contribution >= 0.6 is 0 Å². The predicted molar refractivity (Wildman–Crippen MR) is 64.0 cm³/mol. The third-order valence-electron chi connectivity index (χ3n) is 4.53. The molecule has 0 spiro atoms. The summed E-state index contributed by atoms with van der Waals surface area (Å²) in [6.45, 7) is 8.17. The lowest BCUT2D eigenvalue weighted by molar-refractivity contribution is -0.174. The normalized spacial score (nSPS) is 22.0. The minimum absolute atomic E-state index is 0.00343. The molecular weight excluding hydrogens is 200 g/mol. The van der Waals surface area contributed by atoms with E-state index in [1.165, 1.54) is 25.7 Å². The summed E-state index contributed by atoms with van der Waals surface area (Å²) in [7, 11) is 0. The van der Waals surface area contributed by atoms with E-state index in [0.29, 0.717) is 11.8 Å². The molecule has 2 rings (SSSR count). The number of ether oxygens (including phenoxy) is 1. The van der Waals surface area contributed by atoms with Crippen LogP contribution in [-0.4, -0.2) is 11.6 Å². The molecule has 2 aliphatic rings. The van der Waals surface area contributed by atoms with Crippen LogP contribution in [0.1, 0.15) is 59.8 Å². The number of carbonyl (C=O) groups is 1. The number of hydrogen-bond acceptors (Lipinski definition) is 2. The Morgan fingerprint density at radius 3 is 1.88 bits per heavy atom. The highest BCUT2D eigenvalue weighted by Crippen LogP contribution is 2.54. The van der Waals surface area contributed by atoms with Crippen LogP contribution in [0.5, 0.6) is 0 Å². The first-order chi connectivity index (χ1) is 7.40. The second kappa shape index (κ2) is 3.75. The maximum atomic E-state index is 12.2. The highest BCUT2D eigenvalue weighted by molar-refractivity contribution is 5.76. The lowest BCUT2D eigenvalue weighted by Crippen LogP contribution is -2.41. The van der Waals surface area contributed by atoms with Crippen LogP contribution < -0.4 is 0 Å². The quantitative estimate of drug-likeness (QED) is 0.668. The molecule has 2 fully saturated rings. The Morgan fingerprint density at radius 1 is 1.12 bits per heavy atom. The summed E-state index contributed by atoms with van der Waals surface area (Å²) in [6.07, 6.45) is 5.82. The van der Waals surface area contributed by atoms with Gasteiger partial charge in [-0.3, -0.25) is 4.79 Å². The van der Waals surface area contributed by atoms with E-state index in [-0.39, 0.29) is 17.0 Å². The highest BCUT2D eigenvalue weighted by atomic mass is 16.6. The molecule has 0 saturated heterocycles.